The fraction of sp³-hybridized carbons (Fsp3) is 0.474. The van der Waals surface area contributed by atoms with Crippen molar-refractivity contribution in [2.24, 2.45) is 0 Å². The number of rotatable bonds is 6. The summed E-state index contributed by atoms with van der Waals surface area (Å²) >= 11 is 0. The van der Waals surface area contributed by atoms with Gasteiger partial charge in [-0.05, 0) is 59.2 Å². The first-order chi connectivity index (χ1) is 11.3. The standard InChI is InChI=1S/C19H27N3O2/c1-7-22-15(6)18(14(5)21-22)19(23)20-13(4)16-9-8-10-17(11-16)24-12(2)3/h8-13H,7H2,1-6H3,(H,20,23)/t13-/m1/s1. The third-order valence-electron chi connectivity index (χ3n) is 3.99. The Morgan fingerprint density at radius 2 is 2.00 bits per heavy atom. The molecular formula is C19H27N3O2. The highest BCUT2D eigenvalue weighted by Gasteiger charge is 2.20. The van der Waals surface area contributed by atoms with Crippen molar-refractivity contribution in [1.29, 1.82) is 0 Å². The van der Waals surface area contributed by atoms with Gasteiger partial charge in [-0.1, -0.05) is 12.1 Å². The highest BCUT2D eigenvalue weighted by atomic mass is 16.5. The Balaban J connectivity index is 2.16. The van der Waals surface area contributed by atoms with E-state index in [1.54, 1.807) is 0 Å². The van der Waals surface area contributed by atoms with Crippen molar-refractivity contribution in [3.8, 4) is 5.75 Å². The number of nitrogens with one attached hydrogen (secondary N) is 1. The molecule has 0 unspecified atom stereocenters. The highest BCUT2D eigenvalue weighted by Crippen LogP contribution is 2.21. The molecule has 1 aromatic heterocycles. The summed E-state index contributed by atoms with van der Waals surface area (Å²) in [5.74, 6) is 0.724. The monoisotopic (exact) mass is 329 g/mol. The molecule has 24 heavy (non-hydrogen) atoms. The van der Waals surface area contributed by atoms with Crippen LogP contribution in [0.15, 0.2) is 24.3 Å². The van der Waals surface area contributed by atoms with Gasteiger partial charge in [-0.25, -0.2) is 0 Å². The number of carbonyl (C=O) groups is 1. The van der Waals surface area contributed by atoms with Crippen LogP contribution in [0.4, 0.5) is 0 Å². The molecule has 0 saturated heterocycles. The van der Waals surface area contributed by atoms with Gasteiger partial charge in [0.05, 0.1) is 23.4 Å². The number of aryl methyl sites for hydroxylation is 2. The maximum absolute atomic E-state index is 12.7. The van der Waals surface area contributed by atoms with E-state index in [0.29, 0.717) is 5.56 Å². The Hall–Kier alpha value is -2.30. The second-order valence-corrected chi connectivity index (χ2v) is 6.30. The molecule has 0 fully saturated rings. The smallest absolute Gasteiger partial charge is 0.255 e. The van der Waals surface area contributed by atoms with Crippen molar-refractivity contribution in [2.45, 2.75) is 60.2 Å². The van der Waals surface area contributed by atoms with Gasteiger partial charge in [-0.3, -0.25) is 9.48 Å². The van der Waals surface area contributed by atoms with Gasteiger partial charge < -0.3 is 10.1 Å². The Kier molecular flexibility index (Phi) is 5.65. The van der Waals surface area contributed by atoms with Crippen LogP contribution in [0.25, 0.3) is 0 Å². The minimum Gasteiger partial charge on any atom is -0.491 e. The molecule has 0 aliphatic rings. The van der Waals surface area contributed by atoms with Crippen molar-refractivity contribution < 1.29 is 9.53 Å². The SMILES string of the molecule is CCn1nc(C)c(C(=O)N[C@H](C)c2cccc(OC(C)C)c2)c1C. The third kappa shape index (κ3) is 3.96. The maximum Gasteiger partial charge on any atom is 0.255 e. The van der Waals surface area contributed by atoms with Crippen molar-refractivity contribution in [1.82, 2.24) is 15.1 Å². The van der Waals surface area contributed by atoms with E-state index >= 15 is 0 Å². The van der Waals surface area contributed by atoms with Crippen LogP contribution in [-0.4, -0.2) is 21.8 Å². The van der Waals surface area contributed by atoms with Crippen LogP contribution in [-0.2, 0) is 6.54 Å². The second kappa shape index (κ2) is 7.51. The van der Waals surface area contributed by atoms with E-state index in [1.807, 2.05) is 70.5 Å². The molecule has 5 heteroatoms. The summed E-state index contributed by atoms with van der Waals surface area (Å²) in [6.07, 6.45) is 0.121. The van der Waals surface area contributed by atoms with Gasteiger partial charge in [0.2, 0.25) is 0 Å². The summed E-state index contributed by atoms with van der Waals surface area (Å²) in [5, 5.41) is 7.48. The molecule has 1 atom stereocenters. The highest BCUT2D eigenvalue weighted by molar-refractivity contribution is 5.96. The van der Waals surface area contributed by atoms with E-state index < -0.39 is 0 Å². The number of aromatic nitrogens is 2. The predicted octanol–water partition coefficient (Wildman–Crippen LogP) is 3.80. The maximum atomic E-state index is 12.7. The van der Waals surface area contributed by atoms with Gasteiger partial charge >= 0.3 is 0 Å². The van der Waals surface area contributed by atoms with E-state index in [9.17, 15) is 4.79 Å². The van der Waals surface area contributed by atoms with Gasteiger partial charge in [-0.15, -0.1) is 0 Å². The largest absolute Gasteiger partial charge is 0.491 e. The summed E-state index contributed by atoms with van der Waals surface area (Å²) in [6, 6.07) is 7.73. The minimum absolute atomic E-state index is 0.0904. The molecule has 2 rings (SSSR count). The lowest BCUT2D eigenvalue weighted by atomic mass is 10.1. The van der Waals surface area contributed by atoms with Crippen molar-refractivity contribution >= 4 is 5.91 Å². The predicted molar refractivity (Wildman–Crippen MR) is 95.5 cm³/mol. The lowest BCUT2D eigenvalue weighted by Crippen LogP contribution is -2.27. The molecule has 0 bridgehead atoms. The van der Waals surface area contributed by atoms with E-state index in [2.05, 4.69) is 10.4 Å². The molecular weight excluding hydrogens is 302 g/mol. The summed E-state index contributed by atoms with van der Waals surface area (Å²) in [4.78, 5) is 12.7. The molecule has 130 valence electrons. The minimum atomic E-state index is -0.114. The Labute approximate surface area is 144 Å². The fourth-order valence-electron chi connectivity index (χ4n) is 2.81. The molecule has 1 heterocycles. The van der Waals surface area contributed by atoms with Crippen LogP contribution in [0, 0.1) is 13.8 Å². The average Bonchev–Trinajstić information content (AvgIpc) is 2.80. The molecule has 5 nitrogen and oxygen atoms in total. The molecule has 1 N–H and O–H groups in total. The summed E-state index contributed by atoms with van der Waals surface area (Å²) in [6.45, 7) is 12.5. The zero-order valence-corrected chi connectivity index (χ0v) is 15.4. The third-order valence-corrected chi connectivity index (χ3v) is 3.99. The number of ether oxygens (including phenoxy) is 1. The molecule has 1 aromatic carbocycles. The van der Waals surface area contributed by atoms with E-state index in [0.717, 1.165) is 29.2 Å². The van der Waals surface area contributed by atoms with Crippen LogP contribution >= 0.6 is 0 Å². The van der Waals surface area contributed by atoms with Crippen LogP contribution in [0.3, 0.4) is 0 Å². The van der Waals surface area contributed by atoms with Crippen molar-refractivity contribution in [2.75, 3.05) is 0 Å². The fourth-order valence-corrected chi connectivity index (χ4v) is 2.81. The first-order valence-corrected chi connectivity index (χ1v) is 8.45. The van der Waals surface area contributed by atoms with Gasteiger partial charge in [0.15, 0.2) is 0 Å². The second-order valence-electron chi connectivity index (χ2n) is 6.30. The van der Waals surface area contributed by atoms with Gasteiger partial charge in [0, 0.05) is 12.2 Å². The van der Waals surface area contributed by atoms with Crippen LogP contribution in [0.1, 0.15) is 61.0 Å². The number of amides is 1. The van der Waals surface area contributed by atoms with Crippen LogP contribution in [0.2, 0.25) is 0 Å². The molecule has 0 spiro atoms. The van der Waals surface area contributed by atoms with E-state index in [-0.39, 0.29) is 18.1 Å². The first-order valence-electron chi connectivity index (χ1n) is 8.45. The lowest BCUT2D eigenvalue weighted by Gasteiger charge is -2.17. The zero-order valence-electron chi connectivity index (χ0n) is 15.4. The Morgan fingerprint density at radius 1 is 1.29 bits per heavy atom. The molecule has 0 saturated carbocycles. The number of benzene rings is 1. The van der Waals surface area contributed by atoms with Crippen molar-refractivity contribution in [3.63, 3.8) is 0 Å². The number of hydrogen-bond donors (Lipinski definition) is 1. The van der Waals surface area contributed by atoms with Gasteiger partial charge in [-0.2, -0.15) is 5.10 Å². The zero-order chi connectivity index (χ0) is 17.9. The van der Waals surface area contributed by atoms with Gasteiger partial charge in [0.25, 0.3) is 5.91 Å². The van der Waals surface area contributed by atoms with Gasteiger partial charge in [0.1, 0.15) is 5.75 Å². The molecule has 2 aromatic rings. The van der Waals surface area contributed by atoms with Crippen molar-refractivity contribution in [3.05, 3.63) is 46.8 Å². The number of carbonyl (C=O) groups excluding carboxylic acids is 1. The molecule has 0 radical (unpaired) electrons. The molecule has 0 aliphatic carbocycles. The van der Waals surface area contributed by atoms with Crippen LogP contribution < -0.4 is 10.1 Å². The normalized spacial score (nSPS) is 12.3. The Morgan fingerprint density at radius 3 is 2.58 bits per heavy atom. The average molecular weight is 329 g/mol. The summed E-state index contributed by atoms with van der Waals surface area (Å²) < 4.78 is 7.58. The van der Waals surface area contributed by atoms with Crippen LogP contribution in [0.5, 0.6) is 5.75 Å². The number of hydrogen-bond acceptors (Lipinski definition) is 3. The molecule has 0 aliphatic heterocycles. The first kappa shape index (κ1) is 18.0. The lowest BCUT2D eigenvalue weighted by molar-refractivity contribution is 0.0938. The summed E-state index contributed by atoms with van der Waals surface area (Å²) in [5.41, 5.74) is 3.34. The Bertz CT molecular complexity index is 719. The van der Waals surface area contributed by atoms with E-state index in [1.165, 1.54) is 0 Å². The quantitative estimate of drug-likeness (QED) is 0.877. The molecule has 1 amide bonds. The number of nitrogens with zero attached hydrogens (tertiary/aromatic N) is 2. The summed E-state index contributed by atoms with van der Waals surface area (Å²) in [7, 11) is 0. The topological polar surface area (TPSA) is 56.2 Å². The van der Waals surface area contributed by atoms with E-state index in [4.69, 9.17) is 4.74 Å².